The number of hydrogen-bond acceptors (Lipinski definition) is 3. The third-order valence-electron chi connectivity index (χ3n) is 5.56. The fourth-order valence-electron chi connectivity index (χ4n) is 3.91. The van der Waals surface area contributed by atoms with Crippen LogP contribution in [0.25, 0.3) is 0 Å². The van der Waals surface area contributed by atoms with Gasteiger partial charge in [-0.15, -0.1) is 0 Å². The predicted molar refractivity (Wildman–Crippen MR) is 103 cm³/mol. The van der Waals surface area contributed by atoms with Gasteiger partial charge in [0.15, 0.2) is 0 Å². The lowest BCUT2D eigenvalue weighted by Crippen LogP contribution is -2.38. The molecule has 1 aliphatic carbocycles. The molecule has 0 N–H and O–H groups in total. The van der Waals surface area contributed by atoms with E-state index in [0.717, 1.165) is 44.9 Å². The van der Waals surface area contributed by atoms with Crippen LogP contribution in [0.15, 0.2) is 23.1 Å². The molecule has 0 bridgehead atoms. The minimum atomic E-state index is -3.58. The zero-order chi connectivity index (χ0) is 18.7. The molecule has 1 aromatic carbocycles. The second-order valence-electron chi connectivity index (χ2n) is 7.31. The van der Waals surface area contributed by atoms with Gasteiger partial charge >= 0.3 is 0 Å². The van der Waals surface area contributed by atoms with Gasteiger partial charge in [-0.3, -0.25) is 4.79 Å². The minimum absolute atomic E-state index is 0.157. The summed E-state index contributed by atoms with van der Waals surface area (Å²) >= 11 is 6.25. The van der Waals surface area contributed by atoms with E-state index >= 15 is 0 Å². The summed E-state index contributed by atoms with van der Waals surface area (Å²) in [5.74, 6) is -0.197. The van der Waals surface area contributed by atoms with Crippen LogP contribution in [0, 0.1) is 0 Å². The highest BCUT2D eigenvalue weighted by atomic mass is 35.5. The molecule has 1 aromatic rings. The number of rotatable bonds is 4. The van der Waals surface area contributed by atoms with Crippen molar-refractivity contribution in [3.05, 3.63) is 28.8 Å². The Balaban J connectivity index is 1.86. The second kappa shape index (κ2) is 8.28. The number of carbonyl (C=O) groups excluding carboxylic acids is 1. The van der Waals surface area contributed by atoms with Crippen molar-refractivity contribution in [1.29, 1.82) is 0 Å². The Hall–Kier alpha value is -1.11. The Kier molecular flexibility index (Phi) is 6.25. The molecule has 2 aliphatic rings. The quantitative estimate of drug-likeness (QED) is 0.772. The van der Waals surface area contributed by atoms with E-state index < -0.39 is 10.0 Å². The highest BCUT2D eigenvalue weighted by Gasteiger charge is 2.29. The first-order valence-electron chi connectivity index (χ1n) is 9.48. The Bertz CT molecular complexity index is 754. The maximum atomic E-state index is 13.0. The summed E-state index contributed by atoms with van der Waals surface area (Å²) in [6.07, 6.45) is 8.26. The SMILES string of the molecule is CN(C(=O)c1cc(S(=O)(=O)N2CCCCC2)ccc1Cl)C1CCCCC1. The summed E-state index contributed by atoms with van der Waals surface area (Å²) in [5, 5.41) is 0.301. The fraction of sp³-hybridized carbons (Fsp3) is 0.632. The Morgan fingerprint density at radius 2 is 1.69 bits per heavy atom. The van der Waals surface area contributed by atoms with E-state index in [0.29, 0.717) is 18.1 Å². The zero-order valence-corrected chi connectivity index (χ0v) is 16.9. The van der Waals surface area contributed by atoms with Gasteiger partial charge in [0.05, 0.1) is 15.5 Å². The van der Waals surface area contributed by atoms with Crippen LogP contribution in [0.5, 0.6) is 0 Å². The van der Waals surface area contributed by atoms with E-state index in [9.17, 15) is 13.2 Å². The molecule has 0 aromatic heterocycles. The lowest BCUT2D eigenvalue weighted by molar-refractivity contribution is 0.0696. The van der Waals surface area contributed by atoms with Crippen molar-refractivity contribution in [2.24, 2.45) is 0 Å². The van der Waals surface area contributed by atoms with Gasteiger partial charge in [-0.1, -0.05) is 37.3 Å². The Labute approximate surface area is 161 Å². The van der Waals surface area contributed by atoms with Crippen molar-refractivity contribution in [3.8, 4) is 0 Å². The first-order chi connectivity index (χ1) is 12.4. The highest BCUT2D eigenvalue weighted by Crippen LogP contribution is 2.28. The monoisotopic (exact) mass is 398 g/mol. The van der Waals surface area contributed by atoms with E-state index in [1.54, 1.807) is 11.9 Å². The van der Waals surface area contributed by atoms with Crippen molar-refractivity contribution in [3.63, 3.8) is 0 Å². The number of carbonyl (C=O) groups is 1. The molecule has 7 heteroatoms. The van der Waals surface area contributed by atoms with Crippen molar-refractivity contribution in [2.75, 3.05) is 20.1 Å². The molecule has 3 rings (SSSR count). The van der Waals surface area contributed by atoms with Gasteiger partial charge in [0, 0.05) is 26.2 Å². The number of amides is 1. The van der Waals surface area contributed by atoms with Crippen LogP contribution in [0.1, 0.15) is 61.7 Å². The summed E-state index contributed by atoms with van der Waals surface area (Å²) in [7, 11) is -1.79. The third-order valence-corrected chi connectivity index (χ3v) is 7.79. The summed E-state index contributed by atoms with van der Waals surface area (Å²) in [5.41, 5.74) is 0.276. The first kappa shape index (κ1) is 19.6. The van der Waals surface area contributed by atoms with E-state index in [4.69, 9.17) is 11.6 Å². The maximum Gasteiger partial charge on any atom is 0.255 e. The van der Waals surface area contributed by atoms with E-state index in [1.165, 1.54) is 28.9 Å². The molecule has 0 radical (unpaired) electrons. The van der Waals surface area contributed by atoms with E-state index in [1.807, 2.05) is 0 Å². The normalized spacial score (nSPS) is 20.1. The molecule has 1 saturated carbocycles. The largest absolute Gasteiger partial charge is 0.339 e. The molecule has 0 spiro atoms. The van der Waals surface area contributed by atoms with Crippen LogP contribution in [0.3, 0.4) is 0 Å². The zero-order valence-electron chi connectivity index (χ0n) is 15.3. The molecule has 1 amide bonds. The lowest BCUT2D eigenvalue weighted by atomic mass is 9.94. The molecule has 1 aliphatic heterocycles. The molecule has 1 heterocycles. The Morgan fingerprint density at radius 1 is 1.08 bits per heavy atom. The van der Waals surface area contributed by atoms with Gasteiger partial charge in [0.25, 0.3) is 5.91 Å². The summed E-state index contributed by atoms with van der Waals surface area (Å²) in [6.45, 7) is 1.08. The molecule has 2 fully saturated rings. The van der Waals surface area contributed by atoms with Crippen molar-refractivity contribution < 1.29 is 13.2 Å². The molecular formula is C19H27ClN2O3S. The van der Waals surface area contributed by atoms with Crippen LogP contribution in [-0.4, -0.2) is 49.7 Å². The third kappa shape index (κ3) is 4.07. The van der Waals surface area contributed by atoms with Gasteiger partial charge in [-0.05, 0) is 43.9 Å². The van der Waals surface area contributed by atoms with Crippen LogP contribution in [0.2, 0.25) is 5.02 Å². The van der Waals surface area contributed by atoms with Crippen LogP contribution < -0.4 is 0 Å². The molecule has 0 atom stereocenters. The number of benzene rings is 1. The van der Waals surface area contributed by atoms with Crippen LogP contribution >= 0.6 is 11.6 Å². The molecule has 0 unspecified atom stereocenters. The highest BCUT2D eigenvalue weighted by molar-refractivity contribution is 7.89. The van der Waals surface area contributed by atoms with Gasteiger partial charge in [-0.25, -0.2) is 8.42 Å². The minimum Gasteiger partial charge on any atom is -0.339 e. The van der Waals surface area contributed by atoms with Crippen LogP contribution in [0.4, 0.5) is 0 Å². The number of hydrogen-bond donors (Lipinski definition) is 0. The Morgan fingerprint density at radius 3 is 2.35 bits per heavy atom. The van der Waals surface area contributed by atoms with Crippen LogP contribution in [-0.2, 0) is 10.0 Å². The topological polar surface area (TPSA) is 57.7 Å². The van der Waals surface area contributed by atoms with Gasteiger partial charge in [-0.2, -0.15) is 4.31 Å². The maximum absolute atomic E-state index is 13.0. The average molecular weight is 399 g/mol. The molecule has 5 nitrogen and oxygen atoms in total. The average Bonchev–Trinajstić information content (AvgIpc) is 2.68. The summed E-state index contributed by atoms with van der Waals surface area (Å²) < 4.78 is 27.3. The predicted octanol–water partition coefficient (Wildman–Crippen LogP) is 3.92. The second-order valence-corrected chi connectivity index (χ2v) is 9.66. The number of halogens is 1. The number of piperidine rings is 1. The summed E-state index contributed by atoms with van der Waals surface area (Å²) in [6, 6.07) is 4.69. The molecular weight excluding hydrogens is 372 g/mol. The molecule has 26 heavy (non-hydrogen) atoms. The first-order valence-corrected chi connectivity index (χ1v) is 11.3. The lowest BCUT2D eigenvalue weighted by Gasteiger charge is -2.31. The molecule has 1 saturated heterocycles. The van der Waals surface area contributed by atoms with Gasteiger partial charge in [0.2, 0.25) is 10.0 Å². The van der Waals surface area contributed by atoms with Crippen molar-refractivity contribution in [2.45, 2.75) is 62.3 Å². The standard InChI is InChI=1S/C19H27ClN2O3S/c1-21(15-8-4-2-5-9-15)19(23)17-14-16(10-11-18(17)20)26(24,25)22-12-6-3-7-13-22/h10-11,14-15H,2-9,12-13H2,1H3. The van der Waals surface area contributed by atoms with Gasteiger partial charge < -0.3 is 4.90 Å². The fourth-order valence-corrected chi connectivity index (χ4v) is 5.65. The van der Waals surface area contributed by atoms with E-state index in [-0.39, 0.29) is 22.4 Å². The van der Waals surface area contributed by atoms with Crippen molar-refractivity contribution >= 4 is 27.5 Å². The van der Waals surface area contributed by atoms with E-state index in [2.05, 4.69) is 0 Å². The smallest absolute Gasteiger partial charge is 0.255 e. The number of nitrogens with zero attached hydrogens (tertiary/aromatic N) is 2. The summed E-state index contributed by atoms with van der Waals surface area (Å²) in [4.78, 5) is 14.8. The number of sulfonamides is 1. The van der Waals surface area contributed by atoms with Crippen molar-refractivity contribution in [1.82, 2.24) is 9.21 Å². The molecule has 144 valence electrons. The van der Waals surface area contributed by atoms with Gasteiger partial charge in [0.1, 0.15) is 0 Å².